The Labute approximate surface area is 84.5 Å². The number of carbonyl (C=O) groups excluding carboxylic acids is 1. The van der Waals surface area contributed by atoms with Gasteiger partial charge in [0.2, 0.25) is 0 Å². The van der Waals surface area contributed by atoms with Crippen LogP contribution >= 0.6 is 0 Å². The van der Waals surface area contributed by atoms with Crippen LogP contribution in [0.15, 0.2) is 42.5 Å². The van der Waals surface area contributed by atoms with Crippen LogP contribution in [0.2, 0.25) is 0 Å². The minimum atomic E-state index is 0.228. The number of allylic oxidation sites excluding steroid dienone is 1. The molecule has 0 radical (unpaired) electrons. The van der Waals surface area contributed by atoms with Gasteiger partial charge in [-0.2, -0.15) is 0 Å². The largest absolute Gasteiger partial charge is 0.295 e. The number of benzene rings is 1. The summed E-state index contributed by atoms with van der Waals surface area (Å²) in [6.45, 7) is 5.93. The van der Waals surface area contributed by atoms with Crippen LogP contribution in [0, 0.1) is 5.92 Å². The molecule has 1 aromatic carbocycles. The summed E-state index contributed by atoms with van der Waals surface area (Å²) in [7, 11) is 0. The van der Waals surface area contributed by atoms with Gasteiger partial charge in [0.25, 0.3) is 0 Å². The predicted molar refractivity (Wildman–Crippen MR) is 57.1 cm³/mol. The third-order valence-corrected chi connectivity index (χ3v) is 3.14. The summed E-state index contributed by atoms with van der Waals surface area (Å²) in [5.41, 5.74) is 2.05. The van der Waals surface area contributed by atoms with Gasteiger partial charge in [0.1, 0.15) is 0 Å². The molecule has 1 heteroatoms. The summed E-state index contributed by atoms with van der Waals surface area (Å²) in [5, 5.41) is 0. The molecule has 2 atom stereocenters. The summed E-state index contributed by atoms with van der Waals surface area (Å²) in [6, 6.07) is 10.2. The van der Waals surface area contributed by atoms with Crippen LogP contribution in [0.5, 0.6) is 0 Å². The van der Waals surface area contributed by atoms with Gasteiger partial charge in [-0.1, -0.05) is 43.8 Å². The SMILES string of the molecule is C=C1C(=O)C[C@H](c2ccccc2)[C@H]1C. The summed E-state index contributed by atoms with van der Waals surface area (Å²) in [5.74, 6) is 0.868. The number of Topliss-reactive ketones (excluding diaryl/α,β-unsaturated/α-hetero) is 1. The molecule has 0 N–H and O–H groups in total. The lowest BCUT2D eigenvalue weighted by atomic mass is 9.89. The maximum absolute atomic E-state index is 11.5. The van der Waals surface area contributed by atoms with Gasteiger partial charge >= 0.3 is 0 Å². The van der Waals surface area contributed by atoms with Crippen LogP contribution in [0.1, 0.15) is 24.8 Å². The molecule has 2 rings (SSSR count). The molecule has 1 nitrogen and oxygen atoms in total. The molecule has 1 aliphatic rings. The number of hydrogen-bond acceptors (Lipinski definition) is 1. The fraction of sp³-hybridized carbons (Fsp3) is 0.308. The predicted octanol–water partition coefficient (Wildman–Crippen LogP) is 2.94. The van der Waals surface area contributed by atoms with Gasteiger partial charge in [0.05, 0.1) is 0 Å². The molecule has 1 aromatic rings. The van der Waals surface area contributed by atoms with Gasteiger partial charge in [-0.15, -0.1) is 0 Å². The van der Waals surface area contributed by atoms with E-state index in [1.807, 2.05) is 18.2 Å². The van der Waals surface area contributed by atoms with Crippen LogP contribution in [-0.4, -0.2) is 5.78 Å². The fourth-order valence-corrected chi connectivity index (χ4v) is 2.11. The highest BCUT2D eigenvalue weighted by atomic mass is 16.1. The third-order valence-electron chi connectivity index (χ3n) is 3.14. The van der Waals surface area contributed by atoms with E-state index in [9.17, 15) is 4.79 Å². The van der Waals surface area contributed by atoms with Crippen LogP contribution in [0.25, 0.3) is 0 Å². The quantitative estimate of drug-likeness (QED) is 0.616. The van der Waals surface area contributed by atoms with E-state index in [2.05, 4.69) is 25.6 Å². The van der Waals surface area contributed by atoms with E-state index in [0.29, 0.717) is 18.3 Å². The van der Waals surface area contributed by atoms with Crippen molar-refractivity contribution in [1.82, 2.24) is 0 Å². The van der Waals surface area contributed by atoms with Gasteiger partial charge in [0.15, 0.2) is 5.78 Å². The number of hydrogen-bond donors (Lipinski definition) is 0. The highest BCUT2D eigenvalue weighted by Gasteiger charge is 2.33. The van der Waals surface area contributed by atoms with Crippen LogP contribution in [0.3, 0.4) is 0 Å². The van der Waals surface area contributed by atoms with Crippen molar-refractivity contribution in [3.05, 3.63) is 48.0 Å². The Kier molecular flexibility index (Phi) is 2.24. The molecule has 1 saturated carbocycles. The lowest BCUT2D eigenvalue weighted by Gasteiger charge is -2.14. The van der Waals surface area contributed by atoms with Crippen molar-refractivity contribution < 1.29 is 4.79 Å². The zero-order valence-electron chi connectivity index (χ0n) is 8.36. The first-order chi connectivity index (χ1) is 6.70. The smallest absolute Gasteiger partial charge is 0.159 e. The lowest BCUT2D eigenvalue weighted by molar-refractivity contribution is -0.114. The molecule has 0 amide bonds. The van der Waals surface area contributed by atoms with Crippen molar-refractivity contribution in [2.75, 3.05) is 0 Å². The molecule has 0 unspecified atom stereocenters. The second-order valence-corrected chi connectivity index (χ2v) is 3.96. The zero-order chi connectivity index (χ0) is 10.1. The van der Waals surface area contributed by atoms with E-state index in [1.54, 1.807) is 0 Å². The molecule has 14 heavy (non-hydrogen) atoms. The normalized spacial score (nSPS) is 26.9. The van der Waals surface area contributed by atoms with Crippen molar-refractivity contribution in [3.63, 3.8) is 0 Å². The molecule has 0 saturated heterocycles. The Morgan fingerprint density at radius 2 is 1.93 bits per heavy atom. The van der Waals surface area contributed by atoms with Gasteiger partial charge in [-0.05, 0) is 23.0 Å². The molecular weight excluding hydrogens is 172 g/mol. The van der Waals surface area contributed by atoms with Crippen molar-refractivity contribution in [1.29, 1.82) is 0 Å². The van der Waals surface area contributed by atoms with E-state index in [-0.39, 0.29) is 5.78 Å². The van der Waals surface area contributed by atoms with Crippen LogP contribution in [0.4, 0.5) is 0 Å². The van der Waals surface area contributed by atoms with Crippen molar-refractivity contribution in [2.45, 2.75) is 19.3 Å². The molecule has 1 aliphatic carbocycles. The van der Waals surface area contributed by atoms with Crippen molar-refractivity contribution >= 4 is 5.78 Å². The standard InChI is InChI=1S/C13H14O/c1-9-10(2)13(14)8-12(9)11-6-4-3-5-7-11/h3-7,9,12H,2,8H2,1H3/t9-,12-/m0/s1. The summed E-state index contributed by atoms with van der Waals surface area (Å²) >= 11 is 0. The summed E-state index contributed by atoms with van der Waals surface area (Å²) in [4.78, 5) is 11.5. The van der Waals surface area contributed by atoms with E-state index >= 15 is 0 Å². The Morgan fingerprint density at radius 1 is 1.29 bits per heavy atom. The number of ketones is 1. The van der Waals surface area contributed by atoms with Crippen LogP contribution in [-0.2, 0) is 4.79 Å². The average molecular weight is 186 g/mol. The highest BCUT2D eigenvalue weighted by Crippen LogP contribution is 2.39. The monoisotopic (exact) mass is 186 g/mol. The van der Waals surface area contributed by atoms with Crippen LogP contribution < -0.4 is 0 Å². The van der Waals surface area contributed by atoms with Gasteiger partial charge in [0, 0.05) is 6.42 Å². The van der Waals surface area contributed by atoms with E-state index in [1.165, 1.54) is 5.56 Å². The Bertz CT molecular complexity index is 364. The lowest BCUT2D eigenvalue weighted by Crippen LogP contribution is -2.02. The molecule has 0 aliphatic heterocycles. The second kappa shape index (κ2) is 3.41. The topological polar surface area (TPSA) is 17.1 Å². The molecule has 0 heterocycles. The van der Waals surface area contributed by atoms with E-state index in [4.69, 9.17) is 0 Å². The molecule has 72 valence electrons. The van der Waals surface area contributed by atoms with Gasteiger partial charge in [-0.25, -0.2) is 0 Å². The first kappa shape index (κ1) is 9.20. The Balaban J connectivity index is 2.30. The maximum Gasteiger partial charge on any atom is 0.159 e. The third kappa shape index (κ3) is 1.39. The van der Waals surface area contributed by atoms with E-state index in [0.717, 1.165) is 5.57 Å². The number of rotatable bonds is 1. The minimum absolute atomic E-state index is 0.228. The molecule has 0 aromatic heterocycles. The number of carbonyl (C=O) groups is 1. The minimum Gasteiger partial charge on any atom is -0.295 e. The Hall–Kier alpha value is -1.37. The molecule has 0 bridgehead atoms. The summed E-state index contributed by atoms with van der Waals surface area (Å²) in [6.07, 6.45) is 0.629. The van der Waals surface area contributed by atoms with E-state index < -0.39 is 0 Å². The Morgan fingerprint density at radius 3 is 2.43 bits per heavy atom. The highest BCUT2D eigenvalue weighted by molar-refractivity contribution is 5.98. The van der Waals surface area contributed by atoms with Crippen molar-refractivity contribution in [2.24, 2.45) is 5.92 Å². The first-order valence-electron chi connectivity index (χ1n) is 4.97. The maximum atomic E-state index is 11.5. The second-order valence-electron chi connectivity index (χ2n) is 3.96. The molecule has 1 fully saturated rings. The summed E-state index contributed by atoms with van der Waals surface area (Å²) < 4.78 is 0. The van der Waals surface area contributed by atoms with Crippen molar-refractivity contribution in [3.8, 4) is 0 Å². The van der Waals surface area contributed by atoms with Gasteiger partial charge in [-0.3, -0.25) is 4.79 Å². The average Bonchev–Trinajstić information content (AvgIpc) is 2.47. The molecular formula is C13H14O. The zero-order valence-corrected chi connectivity index (χ0v) is 8.36. The fourth-order valence-electron chi connectivity index (χ4n) is 2.11. The first-order valence-corrected chi connectivity index (χ1v) is 4.97. The molecule has 0 spiro atoms. The van der Waals surface area contributed by atoms with Gasteiger partial charge < -0.3 is 0 Å².